The van der Waals surface area contributed by atoms with Crippen molar-refractivity contribution in [3.8, 4) is 0 Å². The average molecular weight is 328 g/mol. The highest BCUT2D eigenvalue weighted by Crippen LogP contribution is 2.22. The van der Waals surface area contributed by atoms with Crippen molar-refractivity contribution in [3.05, 3.63) is 35.9 Å². The first-order valence-electron chi connectivity index (χ1n) is 9.36. The maximum atomic E-state index is 12.5. The highest BCUT2D eigenvalue weighted by Gasteiger charge is 2.30. The van der Waals surface area contributed by atoms with Gasteiger partial charge in [0.25, 0.3) is 0 Å². The van der Waals surface area contributed by atoms with Crippen LogP contribution in [0, 0.1) is 5.92 Å². The first kappa shape index (κ1) is 17.0. The van der Waals surface area contributed by atoms with Crippen LogP contribution in [-0.4, -0.2) is 47.8 Å². The highest BCUT2D eigenvalue weighted by molar-refractivity contribution is 6.34. The molecule has 2 aliphatic heterocycles. The van der Waals surface area contributed by atoms with Gasteiger partial charge in [-0.2, -0.15) is 0 Å². The quantitative estimate of drug-likeness (QED) is 0.783. The van der Waals surface area contributed by atoms with E-state index in [9.17, 15) is 9.59 Å². The Balaban J connectivity index is 1.48. The molecule has 4 nitrogen and oxygen atoms in total. The zero-order valence-corrected chi connectivity index (χ0v) is 14.5. The van der Waals surface area contributed by atoms with E-state index in [0.717, 1.165) is 58.3 Å². The third kappa shape index (κ3) is 4.37. The van der Waals surface area contributed by atoms with E-state index in [1.807, 2.05) is 6.07 Å². The minimum atomic E-state index is -0.282. The predicted octanol–water partition coefficient (Wildman–Crippen LogP) is 2.87. The molecular weight excluding hydrogens is 300 g/mol. The molecular formula is C20H28N2O2. The van der Waals surface area contributed by atoms with Gasteiger partial charge in [-0.05, 0) is 43.6 Å². The van der Waals surface area contributed by atoms with E-state index in [4.69, 9.17) is 0 Å². The lowest BCUT2D eigenvalue weighted by Crippen LogP contribution is -2.48. The first-order valence-corrected chi connectivity index (χ1v) is 9.36. The Kier molecular flexibility index (Phi) is 5.89. The summed E-state index contributed by atoms with van der Waals surface area (Å²) in [6.07, 6.45) is 7.45. The molecule has 2 aliphatic rings. The number of hydrogen-bond acceptors (Lipinski definition) is 2. The van der Waals surface area contributed by atoms with Crippen LogP contribution < -0.4 is 0 Å². The van der Waals surface area contributed by atoms with E-state index in [1.54, 1.807) is 9.80 Å². The van der Waals surface area contributed by atoms with Gasteiger partial charge >= 0.3 is 11.8 Å². The Hall–Kier alpha value is -1.84. The molecule has 0 N–H and O–H groups in total. The average Bonchev–Trinajstić information content (AvgIpc) is 2.91. The lowest BCUT2D eigenvalue weighted by molar-refractivity contribution is -0.152. The minimum absolute atomic E-state index is 0.279. The summed E-state index contributed by atoms with van der Waals surface area (Å²) in [5, 5.41) is 0. The lowest BCUT2D eigenvalue weighted by Gasteiger charge is -2.33. The molecule has 0 atom stereocenters. The van der Waals surface area contributed by atoms with Crippen LogP contribution in [0.25, 0.3) is 0 Å². The Bertz CT molecular complexity index is 542. The summed E-state index contributed by atoms with van der Waals surface area (Å²) in [6.45, 7) is 2.93. The van der Waals surface area contributed by atoms with Gasteiger partial charge in [0.1, 0.15) is 0 Å². The summed E-state index contributed by atoms with van der Waals surface area (Å²) in [4.78, 5) is 28.5. The zero-order chi connectivity index (χ0) is 16.8. The van der Waals surface area contributed by atoms with Crippen LogP contribution in [0.2, 0.25) is 0 Å². The first-order chi connectivity index (χ1) is 11.7. The van der Waals surface area contributed by atoms with Crippen molar-refractivity contribution >= 4 is 11.8 Å². The van der Waals surface area contributed by atoms with Crippen LogP contribution >= 0.6 is 0 Å². The Morgan fingerprint density at radius 3 is 1.92 bits per heavy atom. The number of nitrogens with zero attached hydrogens (tertiary/aromatic N) is 2. The summed E-state index contributed by atoms with van der Waals surface area (Å²) in [5.41, 5.74) is 1.36. The second-order valence-corrected chi connectivity index (χ2v) is 7.13. The fraction of sp³-hybridized carbons (Fsp3) is 0.600. The van der Waals surface area contributed by atoms with Crippen molar-refractivity contribution in [2.45, 2.75) is 44.9 Å². The lowest BCUT2D eigenvalue weighted by atomic mass is 9.90. The normalized spacial score (nSPS) is 19.8. The molecule has 0 saturated carbocycles. The molecule has 4 heteroatoms. The fourth-order valence-electron chi connectivity index (χ4n) is 3.83. The van der Waals surface area contributed by atoms with Crippen LogP contribution in [0.4, 0.5) is 0 Å². The molecule has 0 bridgehead atoms. The number of amides is 2. The zero-order valence-electron chi connectivity index (χ0n) is 14.5. The molecule has 1 aromatic rings. The summed E-state index contributed by atoms with van der Waals surface area (Å²) in [6, 6.07) is 10.5. The summed E-state index contributed by atoms with van der Waals surface area (Å²) >= 11 is 0. The van der Waals surface area contributed by atoms with Gasteiger partial charge < -0.3 is 9.80 Å². The van der Waals surface area contributed by atoms with Crippen molar-refractivity contribution in [1.29, 1.82) is 0 Å². The molecule has 0 unspecified atom stereocenters. The van der Waals surface area contributed by atoms with Gasteiger partial charge in [0.2, 0.25) is 0 Å². The molecule has 1 aromatic carbocycles. The number of benzene rings is 1. The summed E-state index contributed by atoms with van der Waals surface area (Å²) in [7, 11) is 0. The number of likely N-dealkylation sites (tertiary alicyclic amines) is 2. The third-order valence-corrected chi connectivity index (χ3v) is 5.35. The van der Waals surface area contributed by atoms with E-state index < -0.39 is 0 Å². The van der Waals surface area contributed by atoms with Crippen LogP contribution in [0.3, 0.4) is 0 Å². The molecule has 0 radical (unpaired) electrons. The van der Waals surface area contributed by atoms with Gasteiger partial charge in [0, 0.05) is 26.2 Å². The van der Waals surface area contributed by atoms with Crippen molar-refractivity contribution in [3.63, 3.8) is 0 Å². The summed E-state index contributed by atoms with van der Waals surface area (Å²) < 4.78 is 0. The fourth-order valence-corrected chi connectivity index (χ4v) is 3.83. The Morgan fingerprint density at radius 1 is 0.792 bits per heavy atom. The molecule has 2 saturated heterocycles. The highest BCUT2D eigenvalue weighted by atomic mass is 16.2. The number of carbonyl (C=O) groups excluding carboxylic acids is 2. The molecule has 130 valence electrons. The van der Waals surface area contributed by atoms with Gasteiger partial charge in [-0.3, -0.25) is 9.59 Å². The van der Waals surface area contributed by atoms with Crippen molar-refractivity contribution in [2.75, 3.05) is 26.2 Å². The molecule has 0 aromatic heterocycles. The SMILES string of the molecule is O=C(C(=O)N1CCC(Cc2ccccc2)CC1)N1CCCCCC1. The van der Waals surface area contributed by atoms with E-state index in [0.29, 0.717) is 5.92 Å². The van der Waals surface area contributed by atoms with Gasteiger partial charge in [0.05, 0.1) is 0 Å². The van der Waals surface area contributed by atoms with E-state index >= 15 is 0 Å². The second kappa shape index (κ2) is 8.32. The predicted molar refractivity (Wildman–Crippen MR) is 94.5 cm³/mol. The second-order valence-electron chi connectivity index (χ2n) is 7.13. The van der Waals surface area contributed by atoms with Crippen molar-refractivity contribution < 1.29 is 9.59 Å². The number of carbonyl (C=O) groups is 2. The number of piperidine rings is 1. The van der Waals surface area contributed by atoms with E-state index in [2.05, 4.69) is 24.3 Å². The largest absolute Gasteiger partial charge is 0.334 e. The molecule has 3 rings (SSSR count). The standard InChI is InChI=1S/C20H28N2O2/c23-19(21-12-6-1-2-7-13-21)20(24)22-14-10-18(11-15-22)16-17-8-4-3-5-9-17/h3-5,8-9,18H,1-2,6-7,10-16H2. The molecule has 2 fully saturated rings. The van der Waals surface area contributed by atoms with Crippen molar-refractivity contribution in [2.24, 2.45) is 5.92 Å². The molecule has 2 amide bonds. The van der Waals surface area contributed by atoms with Crippen LogP contribution in [-0.2, 0) is 16.0 Å². The maximum Gasteiger partial charge on any atom is 0.312 e. The Morgan fingerprint density at radius 2 is 1.33 bits per heavy atom. The van der Waals surface area contributed by atoms with Crippen LogP contribution in [0.5, 0.6) is 0 Å². The topological polar surface area (TPSA) is 40.6 Å². The molecule has 24 heavy (non-hydrogen) atoms. The van der Waals surface area contributed by atoms with Gasteiger partial charge in [-0.15, -0.1) is 0 Å². The third-order valence-electron chi connectivity index (χ3n) is 5.35. The van der Waals surface area contributed by atoms with Gasteiger partial charge in [0.15, 0.2) is 0 Å². The molecule has 0 aliphatic carbocycles. The molecule has 0 spiro atoms. The van der Waals surface area contributed by atoms with Gasteiger partial charge in [-0.1, -0.05) is 43.2 Å². The maximum absolute atomic E-state index is 12.5. The van der Waals surface area contributed by atoms with Gasteiger partial charge in [-0.25, -0.2) is 0 Å². The van der Waals surface area contributed by atoms with Crippen LogP contribution in [0.15, 0.2) is 30.3 Å². The van der Waals surface area contributed by atoms with Crippen molar-refractivity contribution in [1.82, 2.24) is 9.80 Å². The van der Waals surface area contributed by atoms with E-state index in [-0.39, 0.29) is 11.8 Å². The smallest absolute Gasteiger partial charge is 0.312 e. The monoisotopic (exact) mass is 328 g/mol. The summed E-state index contributed by atoms with van der Waals surface area (Å²) in [5.74, 6) is 0.0539. The number of rotatable bonds is 2. The van der Waals surface area contributed by atoms with E-state index in [1.165, 1.54) is 18.4 Å². The minimum Gasteiger partial charge on any atom is -0.334 e. The Labute approximate surface area is 144 Å². The molecule has 2 heterocycles. The van der Waals surface area contributed by atoms with Crippen LogP contribution in [0.1, 0.15) is 44.1 Å². The number of hydrogen-bond donors (Lipinski definition) is 0.